The van der Waals surface area contributed by atoms with Gasteiger partial charge in [0.1, 0.15) is 6.54 Å². The lowest BCUT2D eigenvalue weighted by Gasteiger charge is -2.39. The van der Waals surface area contributed by atoms with Crippen molar-refractivity contribution in [3.05, 3.63) is 28.7 Å². The molecule has 7 nitrogen and oxygen atoms in total. The molecule has 1 aromatic heterocycles. The summed E-state index contributed by atoms with van der Waals surface area (Å²) in [6.45, 7) is 3.86. The number of hydrogen-bond donors (Lipinski definition) is 0. The Morgan fingerprint density at radius 2 is 1.79 bits per heavy atom. The summed E-state index contributed by atoms with van der Waals surface area (Å²) < 4.78 is 26.7. The molecule has 8 heteroatoms. The summed E-state index contributed by atoms with van der Waals surface area (Å²) >= 11 is 0. The minimum absolute atomic E-state index is 0.000332. The van der Waals surface area contributed by atoms with Gasteiger partial charge < -0.3 is 9.47 Å². The van der Waals surface area contributed by atoms with Crippen LogP contribution in [0.25, 0.3) is 0 Å². The van der Waals surface area contributed by atoms with Crippen LogP contribution in [-0.4, -0.2) is 54.3 Å². The van der Waals surface area contributed by atoms with Crippen LogP contribution in [0.1, 0.15) is 33.1 Å². The van der Waals surface area contributed by atoms with Crippen molar-refractivity contribution < 1.29 is 13.2 Å². The van der Waals surface area contributed by atoms with Crippen molar-refractivity contribution in [3.63, 3.8) is 0 Å². The molecule has 1 aromatic rings. The smallest absolute Gasteiger partial charge is 0.251 e. The lowest BCUT2D eigenvalue weighted by molar-refractivity contribution is -0.138. The third-order valence-electron chi connectivity index (χ3n) is 4.52. The molecular weight excluding hydrogens is 330 g/mol. The van der Waals surface area contributed by atoms with E-state index in [0.29, 0.717) is 0 Å². The summed E-state index contributed by atoms with van der Waals surface area (Å²) in [7, 11) is -0.802. The van der Waals surface area contributed by atoms with Gasteiger partial charge >= 0.3 is 0 Å². The van der Waals surface area contributed by atoms with Gasteiger partial charge in [0.15, 0.2) is 0 Å². The number of pyridine rings is 1. The Hall–Kier alpha value is -1.67. The third-order valence-corrected chi connectivity index (χ3v) is 6.32. The van der Waals surface area contributed by atoms with Gasteiger partial charge in [-0.15, -0.1) is 0 Å². The zero-order chi connectivity index (χ0) is 18.1. The number of amides is 1. The van der Waals surface area contributed by atoms with Gasteiger partial charge in [-0.05, 0) is 39.2 Å². The number of piperidine rings is 1. The SMILES string of the molecule is C[C@H]1CCC[C@H](C)N1C(=O)Cn1cc(S(=O)(=O)N(C)C)ccc1=O. The number of likely N-dealkylation sites (tertiary alicyclic amines) is 1. The van der Waals surface area contributed by atoms with Gasteiger partial charge in [0.2, 0.25) is 15.9 Å². The molecule has 0 N–H and O–H groups in total. The average molecular weight is 355 g/mol. The Morgan fingerprint density at radius 1 is 1.21 bits per heavy atom. The second-order valence-corrected chi connectivity index (χ2v) is 8.70. The van der Waals surface area contributed by atoms with Crippen LogP contribution in [0.4, 0.5) is 0 Å². The van der Waals surface area contributed by atoms with Crippen molar-refractivity contribution in [1.29, 1.82) is 0 Å². The van der Waals surface area contributed by atoms with Crippen molar-refractivity contribution >= 4 is 15.9 Å². The maximum Gasteiger partial charge on any atom is 0.251 e. The van der Waals surface area contributed by atoms with Crippen LogP contribution in [0.3, 0.4) is 0 Å². The predicted octanol–water partition coefficient (Wildman–Crippen LogP) is 0.888. The quantitative estimate of drug-likeness (QED) is 0.803. The normalized spacial score (nSPS) is 22.0. The van der Waals surface area contributed by atoms with Gasteiger partial charge in [0.25, 0.3) is 5.56 Å². The number of hydrogen-bond acceptors (Lipinski definition) is 4. The van der Waals surface area contributed by atoms with Crippen LogP contribution in [0.15, 0.2) is 28.0 Å². The van der Waals surface area contributed by atoms with Crippen molar-refractivity contribution in [3.8, 4) is 0 Å². The van der Waals surface area contributed by atoms with Crippen LogP contribution in [-0.2, 0) is 21.4 Å². The minimum atomic E-state index is -3.65. The second kappa shape index (κ2) is 7.06. The van der Waals surface area contributed by atoms with Crippen molar-refractivity contribution in [2.45, 2.75) is 56.6 Å². The maximum atomic E-state index is 12.6. The first-order valence-electron chi connectivity index (χ1n) is 8.08. The molecule has 1 amide bonds. The molecule has 2 atom stereocenters. The van der Waals surface area contributed by atoms with E-state index in [4.69, 9.17) is 0 Å². The number of rotatable bonds is 4. The topological polar surface area (TPSA) is 79.7 Å². The molecule has 0 unspecified atom stereocenters. The standard InChI is InChI=1S/C16H25N3O4S/c1-12-6-5-7-13(2)19(12)16(21)11-18-10-14(8-9-15(18)20)24(22,23)17(3)4/h8-10,12-13H,5-7,11H2,1-4H3/t12-,13-/m0/s1. The molecule has 24 heavy (non-hydrogen) atoms. The van der Waals surface area contributed by atoms with E-state index in [1.165, 1.54) is 37.0 Å². The zero-order valence-electron chi connectivity index (χ0n) is 14.6. The van der Waals surface area contributed by atoms with Gasteiger partial charge in [-0.3, -0.25) is 9.59 Å². The van der Waals surface area contributed by atoms with Gasteiger partial charge in [-0.2, -0.15) is 0 Å². The molecule has 1 aliphatic rings. The van der Waals surface area contributed by atoms with E-state index in [1.807, 2.05) is 18.7 Å². The summed E-state index contributed by atoms with van der Waals surface area (Å²) in [6.07, 6.45) is 4.22. The van der Waals surface area contributed by atoms with Crippen LogP contribution < -0.4 is 5.56 Å². The fourth-order valence-corrected chi connectivity index (χ4v) is 4.06. The van der Waals surface area contributed by atoms with Crippen LogP contribution in [0.5, 0.6) is 0 Å². The van der Waals surface area contributed by atoms with Gasteiger partial charge in [-0.25, -0.2) is 12.7 Å². The van der Waals surface area contributed by atoms with Crippen LogP contribution >= 0.6 is 0 Å². The van der Waals surface area contributed by atoms with Crippen molar-refractivity contribution in [2.75, 3.05) is 14.1 Å². The molecule has 0 aliphatic carbocycles. The lowest BCUT2D eigenvalue weighted by Crippen LogP contribution is -2.49. The third kappa shape index (κ3) is 3.70. The summed E-state index contributed by atoms with van der Waals surface area (Å²) in [5, 5.41) is 0. The highest BCUT2D eigenvalue weighted by atomic mass is 32.2. The first-order valence-corrected chi connectivity index (χ1v) is 9.52. The molecule has 134 valence electrons. The summed E-state index contributed by atoms with van der Waals surface area (Å²) in [4.78, 5) is 26.5. The van der Waals surface area contributed by atoms with Crippen LogP contribution in [0.2, 0.25) is 0 Å². The summed E-state index contributed by atoms with van der Waals surface area (Å²) in [5.74, 6) is -0.156. The van der Waals surface area contributed by atoms with Gasteiger partial charge in [0, 0.05) is 38.4 Å². The Balaban J connectivity index is 2.29. The lowest BCUT2D eigenvalue weighted by atomic mass is 9.97. The first kappa shape index (κ1) is 18.7. The fourth-order valence-electron chi connectivity index (χ4n) is 3.14. The van der Waals surface area contributed by atoms with E-state index in [2.05, 4.69) is 0 Å². The monoisotopic (exact) mass is 355 g/mol. The Kier molecular flexibility index (Phi) is 5.49. The summed E-state index contributed by atoms with van der Waals surface area (Å²) in [5.41, 5.74) is -0.390. The van der Waals surface area contributed by atoms with Gasteiger partial charge in [-0.1, -0.05) is 0 Å². The number of carbonyl (C=O) groups excluding carboxylic acids is 1. The Bertz CT molecular complexity index is 760. The highest BCUT2D eigenvalue weighted by Gasteiger charge is 2.29. The van der Waals surface area contributed by atoms with Crippen molar-refractivity contribution in [2.24, 2.45) is 0 Å². The van der Waals surface area contributed by atoms with E-state index < -0.39 is 15.6 Å². The van der Waals surface area contributed by atoms with E-state index >= 15 is 0 Å². The molecule has 0 saturated carbocycles. The molecule has 0 radical (unpaired) electrons. The molecule has 1 fully saturated rings. The minimum Gasteiger partial charge on any atom is -0.336 e. The largest absolute Gasteiger partial charge is 0.336 e. The van der Waals surface area contributed by atoms with Gasteiger partial charge in [0.05, 0.1) is 4.90 Å². The second-order valence-electron chi connectivity index (χ2n) is 6.55. The fraction of sp³-hybridized carbons (Fsp3) is 0.625. The molecule has 2 heterocycles. The highest BCUT2D eigenvalue weighted by Crippen LogP contribution is 2.22. The Labute approximate surface area is 142 Å². The average Bonchev–Trinajstić information content (AvgIpc) is 2.49. The summed E-state index contributed by atoms with van der Waals surface area (Å²) in [6, 6.07) is 2.72. The van der Waals surface area contributed by atoms with E-state index in [-0.39, 0.29) is 29.4 Å². The molecular formula is C16H25N3O4S. The predicted molar refractivity (Wildman–Crippen MR) is 91.2 cm³/mol. The molecule has 1 aliphatic heterocycles. The first-order chi connectivity index (χ1) is 11.1. The number of sulfonamides is 1. The number of nitrogens with zero attached hydrogens (tertiary/aromatic N) is 3. The molecule has 2 rings (SSSR count). The molecule has 1 saturated heterocycles. The maximum absolute atomic E-state index is 12.6. The number of aromatic nitrogens is 1. The molecule has 0 aromatic carbocycles. The highest BCUT2D eigenvalue weighted by molar-refractivity contribution is 7.89. The van der Waals surface area contributed by atoms with E-state index in [9.17, 15) is 18.0 Å². The zero-order valence-corrected chi connectivity index (χ0v) is 15.4. The van der Waals surface area contributed by atoms with Crippen molar-refractivity contribution in [1.82, 2.24) is 13.8 Å². The number of carbonyl (C=O) groups is 1. The molecule has 0 bridgehead atoms. The molecule has 0 spiro atoms. The van der Waals surface area contributed by atoms with Crippen LogP contribution in [0, 0.1) is 0 Å². The van der Waals surface area contributed by atoms with E-state index in [1.54, 1.807) is 0 Å². The van der Waals surface area contributed by atoms with E-state index in [0.717, 1.165) is 23.6 Å². The Morgan fingerprint density at radius 3 is 2.33 bits per heavy atom.